The van der Waals surface area contributed by atoms with E-state index in [1.165, 1.54) is 41.3 Å². The van der Waals surface area contributed by atoms with Crippen LogP contribution in [-0.2, 0) is 5.60 Å². The zero-order valence-electron chi connectivity index (χ0n) is 16.2. The average Bonchev–Trinajstić information content (AvgIpc) is 3.18. The third kappa shape index (κ3) is 3.24. The number of aliphatic hydroxyl groups is 1. The number of thiophene rings is 2. The molecule has 0 aliphatic carbocycles. The van der Waals surface area contributed by atoms with Crippen LogP contribution in [0, 0.1) is 19.8 Å². The molecule has 0 spiro atoms. The molecule has 4 rings (SSSR count). The van der Waals surface area contributed by atoms with Crippen molar-refractivity contribution < 1.29 is 26.6 Å². The minimum atomic E-state index is -0.810. The average molecular weight is 457 g/mol. The van der Waals surface area contributed by atoms with E-state index in [0.717, 1.165) is 28.3 Å². The van der Waals surface area contributed by atoms with Crippen molar-refractivity contribution in [2.24, 2.45) is 5.92 Å². The van der Waals surface area contributed by atoms with Gasteiger partial charge in [-0.1, -0.05) is 0 Å². The van der Waals surface area contributed by atoms with Gasteiger partial charge in [0, 0.05) is 35.4 Å². The molecule has 2 aromatic rings. The van der Waals surface area contributed by atoms with E-state index in [1.807, 2.05) is 0 Å². The first kappa shape index (κ1) is 20.5. The molecule has 2 saturated heterocycles. The van der Waals surface area contributed by atoms with Gasteiger partial charge in [-0.05, 0) is 60.2 Å². The van der Waals surface area contributed by atoms with E-state index in [-0.39, 0.29) is 17.0 Å². The number of rotatable bonds is 4. The van der Waals surface area contributed by atoms with Crippen LogP contribution in [0.1, 0.15) is 53.0 Å². The Labute approximate surface area is 176 Å². The molecule has 5 heteroatoms. The van der Waals surface area contributed by atoms with Crippen molar-refractivity contribution in [3.63, 3.8) is 0 Å². The number of quaternary nitrogens is 1. The van der Waals surface area contributed by atoms with Crippen molar-refractivity contribution in [3.8, 4) is 0 Å². The van der Waals surface area contributed by atoms with Crippen LogP contribution in [0.5, 0.6) is 0 Å². The predicted octanol–water partition coefficient (Wildman–Crippen LogP) is 2.07. The molecule has 2 aromatic heterocycles. The lowest BCUT2D eigenvalue weighted by molar-refractivity contribution is -0.931. The van der Waals surface area contributed by atoms with Gasteiger partial charge in [0.25, 0.3) is 0 Å². The van der Waals surface area contributed by atoms with Gasteiger partial charge in [0.15, 0.2) is 0 Å². The lowest BCUT2D eigenvalue weighted by Crippen LogP contribution is -3.00. The monoisotopic (exact) mass is 455 g/mol. The third-order valence-electron chi connectivity index (χ3n) is 6.99. The molecule has 1 N–H and O–H groups in total. The van der Waals surface area contributed by atoms with Crippen LogP contribution >= 0.6 is 22.7 Å². The standard InChI is InChI=1S/C21H30NOS2.BrH/c1-14-7-9-24-19(14)21(23,20-15(2)8-10-25-20)13-16-11-17-5-6-18(12-16)22(17,3)4;/h7-10,16-18,23H,5-6,11-13H2,1-4H3;1H/q+1;/p-1/t16?,17-,18+;. The van der Waals surface area contributed by atoms with Crippen molar-refractivity contribution in [1.82, 2.24) is 0 Å². The van der Waals surface area contributed by atoms with Crippen LogP contribution < -0.4 is 17.0 Å². The van der Waals surface area contributed by atoms with Gasteiger partial charge in [-0.15, -0.1) is 22.7 Å². The molecule has 1 unspecified atom stereocenters. The van der Waals surface area contributed by atoms with Gasteiger partial charge >= 0.3 is 0 Å². The van der Waals surface area contributed by atoms with E-state index in [0.29, 0.717) is 5.92 Å². The molecule has 3 atom stereocenters. The number of aryl methyl sites for hydroxylation is 2. The number of fused-ring (bicyclic) bond motifs is 2. The minimum Gasteiger partial charge on any atom is -1.00 e. The molecule has 0 radical (unpaired) electrons. The van der Waals surface area contributed by atoms with E-state index in [9.17, 15) is 5.11 Å². The number of halogens is 1. The quantitative estimate of drug-likeness (QED) is 0.699. The van der Waals surface area contributed by atoms with Crippen LogP contribution in [0.25, 0.3) is 0 Å². The van der Waals surface area contributed by atoms with Crippen LogP contribution in [0.4, 0.5) is 0 Å². The first-order chi connectivity index (χ1) is 11.8. The van der Waals surface area contributed by atoms with Crippen molar-refractivity contribution in [2.45, 2.75) is 63.6 Å². The number of nitrogens with zero attached hydrogens (tertiary/aromatic N) is 1. The summed E-state index contributed by atoms with van der Waals surface area (Å²) in [4.78, 5) is 2.31. The molecular formula is C21H30BrNOS2. The highest BCUT2D eigenvalue weighted by Crippen LogP contribution is 2.49. The molecule has 2 aliphatic rings. The first-order valence-electron chi connectivity index (χ1n) is 9.47. The summed E-state index contributed by atoms with van der Waals surface area (Å²) >= 11 is 3.44. The molecule has 0 aromatic carbocycles. The summed E-state index contributed by atoms with van der Waals surface area (Å²) in [5.74, 6) is 0.622. The topological polar surface area (TPSA) is 20.2 Å². The second-order valence-corrected chi connectivity index (χ2v) is 10.6. The zero-order chi connectivity index (χ0) is 17.8. The van der Waals surface area contributed by atoms with E-state index in [2.05, 4.69) is 50.8 Å². The smallest absolute Gasteiger partial charge is 0.134 e. The second kappa shape index (κ2) is 7.32. The summed E-state index contributed by atoms with van der Waals surface area (Å²) in [5, 5.41) is 16.2. The maximum Gasteiger partial charge on any atom is 0.134 e. The van der Waals surface area contributed by atoms with Crippen molar-refractivity contribution in [3.05, 3.63) is 43.8 Å². The second-order valence-electron chi connectivity index (χ2n) is 8.78. The Morgan fingerprint density at radius 2 is 1.46 bits per heavy atom. The molecule has 0 amide bonds. The normalized spacial score (nSPS) is 27.3. The molecule has 144 valence electrons. The fraction of sp³-hybridized carbons (Fsp3) is 0.619. The summed E-state index contributed by atoms with van der Waals surface area (Å²) in [5.41, 5.74) is 1.65. The highest BCUT2D eigenvalue weighted by molar-refractivity contribution is 7.12. The van der Waals surface area contributed by atoms with Gasteiger partial charge in [-0.25, -0.2) is 0 Å². The fourth-order valence-electron chi connectivity index (χ4n) is 5.46. The minimum absolute atomic E-state index is 0. The van der Waals surface area contributed by atoms with Crippen molar-refractivity contribution >= 4 is 22.7 Å². The third-order valence-corrected chi connectivity index (χ3v) is 9.32. The Kier molecular flexibility index (Phi) is 5.78. The Balaban J connectivity index is 0.00000196. The van der Waals surface area contributed by atoms with Gasteiger partial charge in [0.1, 0.15) is 5.60 Å². The van der Waals surface area contributed by atoms with E-state index < -0.39 is 5.60 Å². The molecule has 4 heterocycles. The van der Waals surface area contributed by atoms with Gasteiger partial charge in [-0.3, -0.25) is 0 Å². The van der Waals surface area contributed by atoms with Gasteiger partial charge in [-0.2, -0.15) is 0 Å². The maximum atomic E-state index is 12.0. The summed E-state index contributed by atoms with van der Waals surface area (Å²) in [6.45, 7) is 4.29. The van der Waals surface area contributed by atoms with Gasteiger partial charge < -0.3 is 26.6 Å². The van der Waals surface area contributed by atoms with Crippen molar-refractivity contribution in [2.75, 3.05) is 14.1 Å². The van der Waals surface area contributed by atoms with Crippen LogP contribution in [0.15, 0.2) is 22.9 Å². The van der Waals surface area contributed by atoms with E-state index >= 15 is 0 Å². The summed E-state index contributed by atoms with van der Waals surface area (Å²) in [6, 6.07) is 5.86. The molecule has 2 aliphatic heterocycles. The molecular weight excluding hydrogens is 426 g/mol. The summed E-state index contributed by atoms with van der Waals surface area (Å²) < 4.78 is 1.20. The highest BCUT2D eigenvalue weighted by Gasteiger charge is 2.51. The Morgan fingerprint density at radius 1 is 1.00 bits per heavy atom. The molecule has 2 bridgehead atoms. The van der Waals surface area contributed by atoms with E-state index in [1.54, 1.807) is 22.7 Å². The predicted molar refractivity (Wildman–Crippen MR) is 107 cm³/mol. The number of hydrogen-bond donors (Lipinski definition) is 1. The largest absolute Gasteiger partial charge is 1.00 e. The van der Waals surface area contributed by atoms with E-state index in [4.69, 9.17) is 0 Å². The molecule has 2 fully saturated rings. The summed E-state index contributed by atoms with van der Waals surface area (Å²) in [7, 11) is 4.83. The van der Waals surface area contributed by atoms with Gasteiger partial charge in [0.05, 0.1) is 26.2 Å². The fourth-order valence-corrected chi connectivity index (χ4v) is 7.61. The van der Waals surface area contributed by atoms with Crippen molar-refractivity contribution in [1.29, 1.82) is 0 Å². The maximum absolute atomic E-state index is 12.0. The zero-order valence-corrected chi connectivity index (χ0v) is 19.4. The lowest BCUT2D eigenvalue weighted by atomic mass is 9.78. The van der Waals surface area contributed by atoms with Crippen LogP contribution in [0.2, 0.25) is 0 Å². The van der Waals surface area contributed by atoms with Crippen LogP contribution in [0.3, 0.4) is 0 Å². The van der Waals surface area contributed by atoms with Gasteiger partial charge in [0.2, 0.25) is 0 Å². The van der Waals surface area contributed by atoms with Crippen LogP contribution in [-0.4, -0.2) is 35.8 Å². The Hall–Kier alpha value is -0.200. The number of hydrogen-bond acceptors (Lipinski definition) is 3. The summed E-state index contributed by atoms with van der Waals surface area (Å²) in [6.07, 6.45) is 6.13. The molecule has 26 heavy (non-hydrogen) atoms. The lowest BCUT2D eigenvalue weighted by Gasteiger charge is -2.45. The first-order valence-corrected chi connectivity index (χ1v) is 11.2. The Morgan fingerprint density at radius 3 is 1.85 bits per heavy atom. The molecule has 0 saturated carbocycles. The Bertz CT molecular complexity index is 709. The highest BCUT2D eigenvalue weighted by atomic mass is 79.9. The molecule has 2 nitrogen and oxygen atoms in total. The number of piperidine rings is 1. The SMILES string of the molecule is Cc1ccsc1C(O)(CC1C[C@H]2CC[C@@H](C1)[N+]2(C)C)c1sccc1C.[Br-].